The van der Waals surface area contributed by atoms with Crippen LogP contribution in [0.25, 0.3) is 0 Å². The lowest BCUT2D eigenvalue weighted by Gasteiger charge is -2.34. The molecule has 1 fully saturated rings. The Bertz CT molecular complexity index is 462. The van der Waals surface area contributed by atoms with Crippen molar-refractivity contribution in [2.45, 2.75) is 4.90 Å². The number of hydrogen-bond donors (Lipinski definition) is 2. The van der Waals surface area contributed by atoms with Crippen LogP contribution in [-0.4, -0.2) is 60.1 Å². The number of thiol groups is 1. The van der Waals surface area contributed by atoms with E-state index in [0.717, 1.165) is 18.0 Å². The quantitative estimate of drug-likeness (QED) is 0.829. The summed E-state index contributed by atoms with van der Waals surface area (Å²) in [5, 5.41) is 9.35. The second-order valence-corrected chi connectivity index (χ2v) is 5.45. The van der Waals surface area contributed by atoms with Gasteiger partial charge in [0.25, 0.3) is 5.91 Å². The number of β-amino-alcohol motifs (C(OH)–C–C–N with tert-alkyl or cyclic N) is 1. The van der Waals surface area contributed by atoms with Gasteiger partial charge >= 0.3 is 0 Å². The maximum Gasteiger partial charge on any atom is 0.255 e. The van der Waals surface area contributed by atoms with Crippen LogP contribution < -0.4 is 0 Å². The maximum absolute atomic E-state index is 12.4. The van der Waals surface area contributed by atoms with Gasteiger partial charge in [-0.1, -0.05) is 11.6 Å². The molecule has 0 saturated carbocycles. The normalized spacial score (nSPS) is 16.7. The molecule has 0 spiro atoms. The number of carbonyl (C=O) groups is 1. The number of nitrogens with zero attached hydrogens (tertiary/aromatic N) is 2. The first kappa shape index (κ1) is 14.7. The van der Waals surface area contributed by atoms with Crippen molar-refractivity contribution in [1.29, 1.82) is 0 Å². The highest BCUT2D eigenvalue weighted by Gasteiger charge is 2.23. The van der Waals surface area contributed by atoms with Crippen molar-refractivity contribution in [1.82, 2.24) is 9.80 Å². The Balaban J connectivity index is 2.03. The molecule has 1 saturated heterocycles. The average Bonchev–Trinajstić information content (AvgIpc) is 2.42. The summed E-state index contributed by atoms with van der Waals surface area (Å²) in [5.41, 5.74) is 0.504. The van der Waals surface area contributed by atoms with Crippen molar-refractivity contribution in [2.75, 3.05) is 39.3 Å². The van der Waals surface area contributed by atoms with E-state index in [1.807, 2.05) is 0 Å². The smallest absolute Gasteiger partial charge is 0.255 e. The SMILES string of the molecule is O=C(c1cc(S)ccc1Cl)N1CCN(CCO)CC1. The molecule has 104 valence electrons. The summed E-state index contributed by atoms with van der Waals surface area (Å²) in [6.45, 7) is 3.70. The molecular formula is C13H17ClN2O2S. The van der Waals surface area contributed by atoms with Gasteiger partial charge < -0.3 is 10.0 Å². The van der Waals surface area contributed by atoms with Crippen LogP contribution in [0, 0.1) is 0 Å². The van der Waals surface area contributed by atoms with Crippen LogP contribution in [0.1, 0.15) is 10.4 Å². The van der Waals surface area contributed by atoms with E-state index >= 15 is 0 Å². The highest BCUT2D eigenvalue weighted by molar-refractivity contribution is 7.80. The molecule has 1 heterocycles. The Hall–Kier alpha value is -0.750. The molecule has 19 heavy (non-hydrogen) atoms. The molecule has 6 heteroatoms. The lowest BCUT2D eigenvalue weighted by Crippen LogP contribution is -2.49. The average molecular weight is 301 g/mol. The number of carbonyl (C=O) groups excluding carboxylic acids is 1. The third-order valence-corrected chi connectivity index (χ3v) is 3.86. The van der Waals surface area contributed by atoms with E-state index in [4.69, 9.17) is 16.7 Å². The number of halogens is 1. The number of aliphatic hydroxyl groups excluding tert-OH is 1. The number of piperazine rings is 1. The second-order valence-electron chi connectivity index (χ2n) is 4.52. The Morgan fingerprint density at radius 3 is 2.63 bits per heavy atom. The topological polar surface area (TPSA) is 43.8 Å². The van der Waals surface area contributed by atoms with Crippen molar-refractivity contribution in [3.8, 4) is 0 Å². The first-order valence-corrected chi connectivity index (χ1v) is 7.05. The van der Waals surface area contributed by atoms with E-state index in [0.29, 0.717) is 30.2 Å². The van der Waals surface area contributed by atoms with Gasteiger partial charge in [0.15, 0.2) is 0 Å². The number of hydrogen-bond acceptors (Lipinski definition) is 4. The van der Waals surface area contributed by atoms with Crippen LogP contribution in [0.5, 0.6) is 0 Å². The molecule has 4 nitrogen and oxygen atoms in total. The first-order chi connectivity index (χ1) is 9.11. The first-order valence-electron chi connectivity index (χ1n) is 6.23. The molecule has 0 aliphatic carbocycles. The van der Waals surface area contributed by atoms with Gasteiger partial charge in [0.1, 0.15) is 0 Å². The maximum atomic E-state index is 12.4. The van der Waals surface area contributed by atoms with E-state index in [1.54, 1.807) is 23.1 Å². The van der Waals surface area contributed by atoms with Gasteiger partial charge in [0, 0.05) is 37.6 Å². The van der Waals surface area contributed by atoms with E-state index in [1.165, 1.54) is 0 Å². The zero-order valence-electron chi connectivity index (χ0n) is 10.5. The van der Waals surface area contributed by atoms with Gasteiger partial charge in [-0.3, -0.25) is 9.69 Å². The van der Waals surface area contributed by atoms with E-state index in [-0.39, 0.29) is 12.5 Å². The van der Waals surface area contributed by atoms with E-state index in [9.17, 15) is 4.79 Å². The summed E-state index contributed by atoms with van der Waals surface area (Å²) < 4.78 is 0. The Morgan fingerprint density at radius 1 is 1.32 bits per heavy atom. The molecule has 0 bridgehead atoms. The Kier molecular flexibility index (Phi) is 5.10. The minimum atomic E-state index is -0.0513. The van der Waals surface area contributed by atoms with Crippen molar-refractivity contribution in [3.05, 3.63) is 28.8 Å². The van der Waals surface area contributed by atoms with Crippen molar-refractivity contribution >= 4 is 30.1 Å². The number of amides is 1. The third kappa shape index (κ3) is 3.63. The summed E-state index contributed by atoms with van der Waals surface area (Å²) in [5.74, 6) is -0.0513. The van der Waals surface area contributed by atoms with E-state index in [2.05, 4.69) is 17.5 Å². The van der Waals surface area contributed by atoms with Gasteiger partial charge in [-0.2, -0.15) is 0 Å². The molecule has 1 aromatic carbocycles. The minimum Gasteiger partial charge on any atom is -0.395 e. The van der Waals surface area contributed by atoms with Crippen LogP contribution in [0.3, 0.4) is 0 Å². The highest BCUT2D eigenvalue weighted by Crippen LogP contribution is 2.21. The summed E-state index contributed by atoms with van der Waals surface area (Å²) in [6.07, 6.45) is 0. The molecule has 2 rings (SSSR count). The zero-order valence-corrected chi connectivity index (χ0v) is 12.2. The van der Waals surface area contributed by atoms with Gasteiger partial charge in [-0.25, -0.2) is 0 Å². The Labute approximate surface area is 123 Å². The lowest BCUT2D eigenvalue weighted by molar-refractivity contribution is 0.0615. The van der Waals surface area contributed by atoms with Crippen LogP contribution in [0.15, 0.2) is 23.1 Å². The Morgan fingerprint density at radius 2 is 2.00 bits per heavy atom. The zero-order chi connectivity index (χ0) is 13.8. The summed E-state index contributed by atoms with van der Waals surface area (Å²) in [7, 11) is 0. The van der Waals surface area contributed by atoms with Crippen LogP contribution in [0.4, 0.5) is 0 Å². The molecule has 1 aromatic rings. The fraction of sp³-hybridized carbons (Fsp3) is 0.462. The second kappa shape index (κ2) is 6.61. The van der Waals surface area contributed by atoms with Gasteiger partial charge in [-0.05, 0) is 18.2 Å². The molecule has 0 atom stereocenters. The van der Waals surface area contributed by atoms with Crippen LogP contribution in [0.2, 0.25) is 5.02 Å². The van der Waals surface area contributed by atoms with Gasteiger partial charge in [0.05, 0.1) is 17.2 Å². The van der Waals surface area contributed by atoms with Crippen LogP contribution in [-0.2, 0) is 0 Å². The molecule has 1 amide bonds. The number of benzene rings is 1. The predicted octanol–water partition coefficient (Wildman–Crippen LogP) is 1.38. The van der Waals surface area contributed by atoms with Crippen molar-refractivity contribution in [3.63, 3.8) is 0 Å². The minimum absolute atomic E-state index is 0.0513. The lowest BCUT2D eigenvalue weighted by atomic mass is 10.1. The number of aliphatic hydroxyl groups is 1. The van der Waals surface area contributed by atoms with E-state index < -0.39 is 0 Å². The fourth-order valence-electron chi connectivity index (χ4n) is 2.16. The standard InChI is InChI=1S/C13H17ClN2O2S/c14-12-2-1-10(19)9-11(12)13(18)16-5-3-15(4-6-16)7-8-17/h1-2,9,17,19H,3-8H2. The molecule has 1 N–H and O–H groups in total. The molecule has 0 unspecified atom stereocenters. The molecule has 0 radical (unpaired) electrons. The van der Waals surface area contributed by atoms with Crippen molar-refractivity contribution < 1.29 is 9.90 Å². The van der Waals surface area contributed by atoms with Gasteiger partial charge in [0.2, 0.25) is 0 Å². The molecule has 1 aliphatic heterocycles. The third-order valence-electron chi connectivity index (χ3n) is 3.26. The molecule has 0 aromatic heterocycles. The fourth-order valence-corrected chi connectivity index (χ4v) is 2.57. The molecular weight excluding hydrogens is 284 g/mol. The number of rotatable bonds is 3. The summed E-state index contributed by atoms with van der Waals surface area (Å²) in [6, 6.07) is 5.16. The van der Waals surface area contributed by atoms with Crippen molar-refractivity contribution in [2.24, 2.45) is 0 Å². The van der Waals surface area contributed by atoms with Gasteiger partial charge in [-0.15, -0.1) is 12.6 Å². The molecule has 1 aliphatic rings. The largest absolute Gasteiger partial charge is 0.395 e. The monoisotopic (exact) mass is 300 g/mol. The summed E-state index contributed by atoms with van der Waals surface area (Å²) >= 11 is 10.3. The van der Waals surface area contributed by atoms with Crippen LogP contribution >= 0.6 is 24.2 Å². The predicted molar refractivity (Wildman–Crippen MR) is 78.1 cm³/mol. The highest BCUT2D eigenvalue weighted by atomic mass is 35.5. The summed E-state index contributed by atoms with van der Waals surface area (Å²) in [4.78, 5) is 17.0.